The Balaban J connectivity index is 0.000000550. The Morgan fingerprint density at radius 1 is 1.37 bits per heavy atom. The van der Waals surface area contributed by atoms with Crippen LogP contribution in [0.5, 0.6) is 0 Å². The first-order valence-electron chi connectivity index (χ1n) is 5.98. The number of thioether (sulfide) groups is 1. The normalized spacial score (nSPS) is 27.8. The maximum absolute atomic E-state index is 11.1. The fourth-order valence-corrected chi connectivity index (χ4v) is 3.81. The molecule has 9 heteroatoms. The number of hydrogen-bond acceptors (Lipinski definition) is 5. The van der Waals surface area contributed by atoms with Crippen LogP contribution >= 0.6 is 11.8 Å². The number of carbonyl (C=O) groups excluding carboxylic acids is 1. The third kappa shape index (κ3) is 5.27. The minimum atomic E-state index is -1.42. The van der Waals surface area contributed by atoms with Crippen molar-refractivity contribution in [2.24, 2.45) is 0 Å². The van der Waals surface area contributed by atoms with E-state index < -0.39 is 17.5 Å². The lowest BCUT2D eigenvalue weighted by molar-refractivity contribution is -0.137. The van der Waals surface area contributed by atoms with Crippen LogP contribution in [0.2, 0.25) is 0 Å². The minimum absolute atomic E-state index is 0.0640. The highest BCUT2D eigenvalue weighted by atomic mass is 32.2. The summed E-state index contributed by atoms with van der Waals surface area (Å²) in [5, 5.41) is 14.8. The topological polar surface area (TPSA) is 113 Å². The van der Waals surface area contributed by atoms with Gasteiger partial charge in [-0.3, -0.25) is 4.79 Å². The van der Waals surface area contributed by atoms with Gasteiger partial charge >= 0.3 is 12.0 Å². The summed E-state index contributed by atoms with van der Waals surface area (Å²) in [5.41, 5.74) is 0. The highest BCUT2D eigenvalue weighted by Crippen LogP contribution is 2.33. The van der Waals surface area contributed by atoms with Gasteiger partial charge in [0.25, 0.3) is 0 Å². The predicted molar refractivity (Wildman–Crippen MR) is 73.3 cm³/mol. The molecule has 0 aromatic heterocycles. The van der Waals surface area contributed by atoms with Crippen molar-refractivity contribution >= 4 is 35.3 Å². The highest BCUT2D eigenvalue weighted by molar-refractivity contribution is 8.00. The van der Waals surface area contributed by atoms with Gasteiger partial charge in [-0.25, -0.2) is 13.2 Å². The second kappa shape index (κ2) is 8.26. The van der Waals surface area contributed by atoms with E-state index in [0.29, 0.717) is 5.25 Å². The molecule has 0 aromatic carbocycles. The van der Waals surface area contributed by atoms with Crippen molar-refractivity contribution in [2.75, 3.05) is 5.75 Å². The minimum Gasteiger partial charge on any atom is -0.481 e. The Kier molecular flexibility index (Phi) is 7.00. The van der Waals surface area contributed by atoms with E-state index in [1.54, 1.807) is 0 Å². The van der Waals surface area contributed by atoms with Crippen molar-refractivity contribution in [2.45, 2.75) is 43.0 Å². The third-order valence-electron chi connectivity index (χ3n) is 3.07. The van der Waals surface area contributed by atoms with Gasteiger partial charge in [0.05, 0.1) is 12.1 Å². The number of carboxylic acids is 1. The molecular formula is C10H18N2O5S2. The average Bonchev–Trinajstić information content (AvgIpc) is 2.85. The molecule has 2 fully saturated rings. The highest BCUT2D eigenvalue weighted by Gasteiger charge is 2.42. The fraction of sp³-hybridized carbons (Fsp3) is 0.800. The number of carboxylic acid groups (broad SMARTS) is 1. The lowest BCUT2D eigenvalue weighted by Gasteiger charge is -2.16. The van der Waals surface area contributed by atoms with Crippen LogP contribution in [0.15, 0.2) is 0 Å². The second-order valence-corrected chi connectivity index (χ2v) is 5.78. The molecule has 2 aliphatic heterocycles. The largest absolute Gasteiger partial charge is 0.481 e. The molecule has 0 saturated carbocycles. The molecule has 2 heterocycles. The average molecular weight is 310 g/mol. The first-order valence-corrected chi connectivity index (χ1v) is 7.84. The summed E-state index contributed by atoms with van der Waals surface area (Å²) in [6.45, 7) is 0. The number of hydrogen-bond donors (Lipinski definition) is 3. The monoisotopic (exact) mass is 310 g/mol. The van der Waals surface area contributed by atoms with Crippen LogP contribution in [0.3, 0.4) is 0 Å². The first kappa shape index (κ1) is 16.1. The number of fused-ring (bicyclic) bond motifs is 1. The fourth-order valence-electron chi connectivity index (χ4n) is 2.26. The molecule has 2 saturated heterocycles. The third-order valence-corrected chi connectivity index (χ3v) is 4.58. The van der Waals surface area contributed by atoms with Crippen LogP contribution in [0, 0.1) is 0 Å². The number of unbranched alkanes of at least 4 members (excludes halogenated alkanes) is 1. The molecule has 2 amide bonds. The van der Waals surface area contributed by atoms with Crippen LogP contribution in [0.25, 0.3) is 0 Å². The number of carbonyl (C=O) groups is 2. The first-order chi connectivity index (χ1) is 9.08. The van der Waals surface area contributed by atoms with Crippen molar-refractivity contribution < 1.29 is 23.1 Å². The zero-order chi connectivity index (χ0) is 14.3. The van der Waals surface area contributed by atoms with Crippen LogP contribution in [-0.2, 0) is 16.4 Å². The van der Waals surface area contributed by atoms with E-state index in [0.717, 1.165) is 25.0 Å². The Bertz CT molecular complexity index is 373. The van der Waals surface area contributed by atoms with Crippen molar-refractivity contribution in [1.29, 1.82) is 0 Å². The number of amides is 2. The maximum Gasteiger partial charge on any atom is 0.315 e. The van der Waals surface area contributed by atoms with Crippen molar-refractivity contribution in [3.8, 4) is 0 Å². The summed E-state index contributed by atoms with van der Waals surface area (Å²) in [6, 6.07) is 0.440. The molecule has 0 radical (unpaired) electrons. The van der Waals surface area contributed by atoms with Gasteiger partial charge in [0.2, 0.25) is 0 Å². The van der Waals surface area contributed by atoms with Gasteiger partial charge in [0, 0.05) is 17.4 Å². The molecule has 3 N–H and O–H groups in total. The second-order valence-electron chi connectivity index (χ2n) is 4.34. The van der Waals surface area contributed by atoms with Gasteiger partial charge in [-0.05, 0) is 12.8 Å². The molecular weight excluding hydrogens is 292 g/mol. The van der Waals surface area contributed by atoms with Crippen LogP contribution in [0.4, 0.5) is 4.79 Å². The van der Waals surface area contributed by atoms with Gasteiger partial charge in [-0.1, -0.05) is 6.42 Å². The van der Waals surface area contributed by atoms with E-state index >= 15 is 0 Å². The van der Waals surface area contributed by atoms with Crippen LogP contribution < -0.4 is 10.6 Å². The Labute approximate surface area is 118 Å². The van der Waals surface area contributed by atoms with Crippen molar-refractivity contribution in [1.82, 2.24) is 10.6 Å². The zero-order valence-electron chi connectivity index (χ0n) is 10.3. The quantitative estimate of drug-likeness (QED) is 0.470. The lowest BCUT2D eigenvalue weighted by atomic mass is 10.0. The maximum atomic E-state index is 11.1. The SMILES string of the molecule is O=C(O)CCCC[C@@H]1SC[C@@H]2NC(=O)N[C@@H]21.O=[SH2]=O. The molecule has 7 nitrogen and oxygen atoms in total. The van der Waals surface area contributed by atoms with Gasteiger partial charge in [-0.15, -0.1) is 0 Å². The molecule has 110 valence electrons. The Morgan fingerprint density at radius 3 is 2.68 bits per heavy atom. The van der Waals surface area contributed by atoms with Gasteiger partial charge in [0.15, 0.2) is 0 Å². The summed E-state index contributed by atoms with van der Waals surface area (Å²) >= 11 is 0.454. The lowest BCUT2D eigenvalue weighted by Crippen LogP contribution is -2.36. The van der Waals surface area contributed by atoms with Gasteiger partial charge in [0.1, 0.15) is 11.6 Å². The Morgan fingerprint density at radius 2 is 2.05 bits per heavy atom. The van der Waals surface area contributed by atoms with E-state index in [4.69, 9.17) is 13.5 Å². The molecule has 0 bridgehead atoms. The summed E-state index contributed by atoms with van der Waals surface area (Å²) in [4.78, 5) is 21.5. The van der Waals surface area contributed by atoms with Gasteiger partial charge in [-0.2, -0.15) is 11.8 Å². The standard InChI is InChI=1S/C10H16N2O3S.H2O2S/c13-8(14)4-2-1-3-7-9-6(5-16-7)11-10(15)12-9;1-3-2/h6-7,9H,1-5H2,(H,13,14)(H2,11,12,15);3H2/t6-,7-,9-;/m0./s1. The number of urea groups is 1. The van der Waals surface area contributed by atoms with Crippen molar-refractivity contribution in [3.63, 3.8) is 0 Å². The summed E-state index contributed by atoms with van der Waals surface area (Å²) in [6.07, 6.45) is 2.88. The predicted octanol–water partition coefficient (Wildman–Crippen LogP) is -0.409. The number of aliphatic carboxylic acids is 1. The molecule has 0 aromatic rings. The molecule has 0 aliphatic carbocycles. The molecule has 0 unspecified atom stereocenters. The van der Waals surface area contributed by atoms with E-state index in [2.05, 4.69) is 10.6 Å². The van der Waals surface area contributed by atoms with Crippen LogP contribution in [-0.4, -0.2) is 48.6 Å². The summed E-state index contributed by atoms with van der Waals surface area (Å²) in [7, 11) is 0. The molecule has 2 aliphatic rings. The smallest absolute Gasteiger partial charge is 0.315 e. The van der Waals surface area contributed by atoms with E-state index in [1.165, 1.54) is 0 Å². The molecule has 2 rings (SSSR count). The van der Waals surface area contributed by atoms with Crippen LogP contribution in [0.1, 0.15) is 25.7 Å². The molecule has 19 heavy (non-hydrogen) atoms. The van der Waals surface area contributed by atoms with E-state index in [1.807, 2.05) is 11.8 Å². The Hall–Kier alpha value is -0.960. The van der Waals surface area contributed by atoms with Gasteiger partial charge < -0.3 is 15.7 Å². The summed E-state index contributed by atoms with van der Waals surface area (Å²) in [5.74, 6) is 0.236. The van der Waals surface area contributed by atoms with E-state index in [9.17, 15) is 9.59 Å². The zero-order valence-corrected chi connectivity index (χ0v) is 12.1. The summed E-state index contributed by atoms with van der Waals surface area (Å²) < 4.78 is 16.8. The number of rotatable bonds is 5. The van der Waals surface area contributed by atoms with Crippen molar-refractivity contribution in [3.05, 3.63) is 0 Å². The molecule has 0 spiro atoms. The van der Waals surface area contributed by atoms with E-state index in [-0.39, 0.29) is 24.5 Å². The number of nitrogens with one attached hydrogen (secondary N) is 2. The molecule has 3 atom stereocenters.